The van der Waals surface area contributed by atoms with Gasteiger partial charge >= 0.3 is 0 Å². The van der Waals surface area contributed by atoms with Crippen LogP contribution in [0.3, 0.4) is 0 Å². The number of imide groups is 2. The van der Waals surface area contributed by atoms with E-state index in [0.717, 1.165) is 64.2 Å². The summed E-state index contributed by atoms with van der Waals surface area (Å²) in [6.45, 7) is 3.91. The molecule has 50 heavy (non-hydrogen) atoms. The van der Waals surface area contributed by atoms with Crippen molar-refractivity contribution in [1.29, 1.82) is 0 Å². The number of hydrogen-bond acceptors (Lipinski definition) is 4. The number of amides is 4. The van der Waals surface area contributed by atoms with E-state index in [9.17, 15) is 19.2 Å². The molecule has 4 aliphatic rings. The first-order valence-corrected chi connectivity index (χ1v) is 19.3. The van der Waals surface area contributed by atoms with E-state index in [4.69, 9.17) is 46.4 Å². The second-order valence-electron chi connectivity index (χ2n) is 14.9. The van der Waals surface area contributed by atoms with E-state index in [1.165, 1.54) is 9.80 Å². The highest BCUT2D eigenvalue weighted by atomic mass is 35.5. The molecular formula is C40H34Cl4N2O4. The van der Waals surface area contributed by atoms with Crippen molar-refractivity contribution in [1.82, 2.24) is 9.80 Å². The van der Waals surface area contributed by atoms with Crippen LogP contribution >= 0.6 is 46.4 Å². The van der Waals surface area contributed by atoms with E-state index in [2.05, 4.69) is 0 Å². The number of fused-ring (bicyclic) bond motifs is 2. The second kappa shape index (κ2) is 11.7. The molecular weight excluding hydrogens is 714 g/mol. The Kier molecular flexibility index (Phi) is 7.64. The fraction of sp³-hybridized carbons (Fsp3) is 0.400. The Bertz CT molecular complexity index is 2080. The van der Waals surface area contributed by atoms with Crippen LogP contribution in [0, 0.1) is 11.8 Å². The van der Waals surface area contributed by atoms with Crippen molar-refractivity contribution in [3.8, 4) is 0 Å². The molecule has 0 aromatic heterocycles. The quantitative estimate of drug-likeness (QED) is 0.104. The number of halogens is 4. The molecule has 0 unspecified atom stereocenters. The molecule has 0 N–H and O–H groups in total. The summed E-state index contributed by atoms with van der Waals surface area (Å²) in [7, 11) is 0. The first kappa shape index (κ1) is 32.7. The molecule has 256 valence electrons. The number of nitrogens with zero attached hydrogens (tertiary/aromatic N) is 2. The molecule has 0 saturated heterocycles. The van der Waals surface area contributed by atoms with Gasteiger partial charge in [0, 0.05) is 75.3 Å². The predicted molar refractivity (Wildman–Crippen MR) is 201 cm³/mol. The van der Waals surface area contributed by atoms with Crippen molar-refractivity contribution in [3.63, 3.8) is 0 Å². The average Bonchev–Trinajstić information content (AvgIpc) is 3.11. The van der Waals surface area contributed by atoms with E-state index in [0.29, 0.717) is 65.3 Å². The van der Waals surface area contributed by atoms with Crippen LogP contribution in [-0.4, -0.2) is 45.5 Å². The normalized spacial score (nSPS) is 20.4. The van der Waals surface area contributed by atoms with Gasteiger partial charge in [0.25, 0.3) is 23.6 Å². The van der Waals surface area contributed by atoms with E-state index in [1.54, 1.807) is 24.3 Å². The largest absolute Gasteiger partial charge is 0.271 e. The van der Waals surface area contributed by atoms with Crippen molar-refractivity contribution in [3.05, 3.63) is 66.6 Å². The van der Waals surface area contributed by atoms with Crippen LogP contribution in [0.25, 0.3) is 43.1 Å². The Hall–Kier alpha value is -3.16. The minimum atomic E-state index is -0.390. The van der Waals surface area contributed by atoms with Gasteiger partial charge in [0.2, 0.25) is 0 Å². The summed E-state index contributed by atoms with van der Waals surface area (Å²) in [4.78, 5) is 60.1. The number of benzene rings is 5. The van der Waals surface area contributed by atoms with Crippen LogP contribution in [0.4, 0.5) is 0 Å². The van der Waals surface area contributed by atoms with E-state index in [-0.39, 0.29) is 67.6 Å². The van der Waals surface area contributed by atoms with Gasteiger partial charge in [-0.25, -0.2) is 0 Å². The first-order valence-electron chi connectivity index (χ1n) is 17.7. The third-order valence-electron chi connectivity index (χ3n) is 12.4. The summed E-state index contributed by atoms with van der Waals surface area (Å²) in [5.41, 5.74) is 1.29. The van der Waals surface area contributed by atoms with Crippen molar-refractivity contribution >= 4 is 113 Å². The molecule has 2 aliphatic heterocycles. The highest BCUT2D eigenvalue weighted by Crippen LogP contribution is 2.54. The van der Waals surface area contributed by atoms with Crippen LogP contribution in [0.1, 0.15) is 119 Å². The van der Waals surface area contributed by atoms with Gasteiger partial charge in [-0.2, -0.15) is 0 Å². The molecule has 5 aromatic carbocycles. The standard InChI is InChI=1S/C40H34Cl4N2O4/c1-17(19-9-5-3-6-10-19)45-37(47)21-13-25(41)31-33-27(43)15-23-30-24(40(50)46(39(23)49)18(2)20-11-7-4-8-12-20)16-28(44)34(36(30)33)32-26(42)14-22(38(45)48)29(21)35(31)32/h13-20H,3-12H2,1-2H3/t17-,18-/m1/s1. The van der Waals surface area contributed by atoms with E-state index >= 15 is 0 Å². The summed E-state index contributed by atoms with van der Waals surface area (Å²) in [5.74, 6) is -1.13. The zero-order valence-electron chi connectivity index (χ0n) is 27.7. The minimum absolute atomic E-state index is 0.216. The lowest BCUT2D eigenvalue weighted by Gasteiger charge is -2.38. The topological polar surface area (TPSA) is 74.8 Å². The Morgan fingerprint density at radius 3 is 0.960 bits per heavy atom. The molecule has 4 amide bonds. The summed E-state index contributed by atoms with van der Waals surface area (Å²) in [6, 6.07) is 5.91. The zero-order valence-corrected chi connectivity index (χ0v) is 30.8. The van der Waals surface area contributed by atoms with Gasteiger partial charge in [-0.05, 0) is 75.6 Å². The lowest BCUT2D eigenvalue weighted by molar-refractivity contribution is 0.0460. The lowest BCUT2D eigenvalue weighted by Crippen LogP contribution is -2.49. The van der Waals surface area contributed by atoms with Crippen molar-refractivity contribution < 1.29 is 19.2 Å². The molecule has 0 spiro atoms. The number of carbonyl (C=O) groups excluding carboxylic acids is 4. The summed E-state index contributed by atoms with van der Waals surface area (Å²) in [5, 5.41) is 4.92. The van der Waals surface area contributed by atoms with E-state index in [1.807, 2.05) is 13.8 Å². The maximum absolute atomic E-state index is 14.3. The van der Waals surface area contributed by atoms with Crippen LogP contribution < -0.4 is 0 Å². The van der Waals surface area contributed by atoms with Crippen LogP contribution in [0.5, 0.6) is 0 Å². The average molecular weight is 749 g/mol. The van der Waals surface area contributed by atoms with Gasteiger partial charge in [-0.15, -0.1) is 0 Å². The Morgan fingerprint density at radius 2 is 0.700 bits per heavy atom. The SMILES string of the molecule is C[C@H](C1CCCCC1)N1C(=O)c2cc(Cl)c3c4c(Cl)cc5c6c(cc(Cl)c(c7c(Cl)cc(c2c37)C1=O)c64)C(=O)N([C@H](C)C1CCCCC1)C5=O. The monoisotopic (exact) mass is 746 g/mol. The zero-order chi connectivity index (χ0) is 34.9. The van der Waals surface area contributed by atoms with Gasteiger partial charge in [0.1, 0.15) is 0 Å². The third kappa shape index (κ3) is 4.34. The molecule has 6 nitrogen and oxygen atoms in total. The minimum Gasteiger partial charge on any atom is -0.271 e. The fourth-order valence-electron chi connectivity index (χ4n) is 9.89. The van der Waals surface area contributed by atoms with Crippen molar-refractivity contribution in [2.75, 3.05) is 0 Å². The summed E-state index contributed by atoms with van der Waals surface area (Å²) in [6.07, 6.45) is 10.5. The molecule has 2 heterocycles. The molecule has 10 heteroatoms. The highest BCUT2D eigenvalue weighted by Gasteiger charge is 2.43. The highest BCUT2D eigenvalue weighted by molar-refractivity contribution is 6.56. The molecule has 9 rings (SSSR count). The number of carbonyl (C=O) groups is 4. The van der Waals surface area contributed by atoms with Crippen LogP contribution in [0.15, 0.2) is 24.3 Å². The van der Waals surface area contributed by atoms with Gasteiger partial charge in [-0.3, -0.25) is 29.0 Å². The molecule has 2 aliphatic carbocycles. The molecule has 0 bridgehead atoms. The number of hydrogen-bond donors (Lipinski definition) is 0. The maximum atomic E-state index is 14.3. The predicted octanol–water partition coefficient (Wildman–Crippen LogP) is 11.5. The fourth-order valence-corrected chi connectivity index (χ4v) is 11.1. The molecule has 2 atom stereocenters. The smallest absolute Gasteiger partial charge is 0.261 e. The summed E-state index contributed by atoms with van der Waals surface area (Å²) >= 11 is 28.7. The van der Waals surface area contributed by atoms with Crippen LogP contribution in [0.2, 0.25) is 20.1 Å². The second-order valence-corrected chi connectivity index (χ2v) is 16.5. The lowest BCUT2D eigenvalue weighted by atomic mass is 9.79. The Balaban J connectivity index is 1.32. The van der Waals surface area contributed by atoms with Gasteiger partial charge in [0.05, 0.1) is 22.3 Å². The molecule has 2 fully saturated rings. The van der Waals surface area contributed by atoms with Crippen LogP contribution in [-0.2, 0) is 0 Å². The van der Waals surface area contributed by atoms with Crippen molar-refractivity contribution in [2.24, 2.45) is 11.8 Å². The third-order valence-corrected chi connectivity index (χ3v) is 13.6. The summed E-state index contributed by atoms with van der Waals surface area (Å²) < 4.78 is 0. The Labute approximate surface area is 309 Å². The van der Waals surface area contributed by atoms with E-state index < -0.39 is 0 Å². The molecule has 0 radical (unpaired) electrons. The first-order chi connectivity index (χ1) is 24.0. The molecule has 5 aromatic rings. The number of rotatable bonds is 4. The van der Waals surface area contributed by atoms with Crippen molar-refractivity contribution in [2.45, 2.75) is 90.1 Å². The Morgan fingerprint density at radius 1 is 0.440 bits per heavy atom. The maximum Gasteiger partial charge on any atom is 0.261 e. The van der Waals surface area contributed by atoms with Gasteiger partial charge in [-0.1, -0.05) is 84.9 Å². The van der Waals surface area contributed by atoms with Gasteiger partial charge in [0.15, 0.2) is 0 Å². The molecule has 2 saturated carbocycles. The van der Waals surface area contributed by atoms with Gasteiger partial charge < -0.3 is 0 Å².